The molecule has 1 aromatic rings. The molecule has 0 saturated carbocycles. The third-order valence-electron chi connectivity index (χ3n) is 1.62. The van der Waals surface area contributed by atoms with Crippen molar-refractivity contribution in [2.45, 2.75) is 12.8 Å². The molecule has 7 heteroatoms. The van der Waals surface area contributed by atoms with Gasteiger partial charge in [-0.05, 0) is 17.7 Å². The Morgan fingerprint density at radius 3 is 2.25 bits per heavy atom. The molecule has 0 spiro atoms. The summed E-state index contributed by atoms with van der Waals surface area (Å²) in [5.74, 6) is -0.455. The molecule has 0 unspecified atom stereocenters. The van der Waals surface area contributed by atoms with Crippen molar-refractivity contribution in [1.29, 1.82) is 0 Å². The Labute approximate surface area is 88.4 Å². The standard InChI is InChI=1S/C9H8F4N2O/c10-7-3-1-6(2-4-7)5-14-8(16)15-9(11,12)13/h1-4H,5H2,(H2,14,15,16). The molecule has 0 fully saturated rings. The number of hydrogen-bond acceptors (Lipinski definition) is 1. The number of amides is 2. The van der Waals surface area contributed by atoms with Crippen molar-refractivity contribution >= 4 is 6.03 Å². The molecule has 0 aliphatic carbocycles. The molecule has 0 saturated heterocycles. The minimum Gasteiger partial charge on any atom is -0.334 e. The van der Waals surface area contributed by atoms with Crippen LogP contribution in [0.25, 0.3) is 0 Å². The van der Waals surface area contributed by atoms with Crippen molar-refractivity contribution in [3.8, 4) is 0 Å². The summed E-state index contributed by atoms with van der Waals surface area (Å²) < 4.78 is 47.4. The predicted molar refractivity (Wildman–Crippen MR) is 47.8 cm³/mol. The number of rotatable bonds is 2. The van der Waals surface area contributed by atoms with Gasteiger partial charge in [-0.15, -0.1) is 0 Å². The van der Waals surface area contributed by atoms with E-state index in [-0.39, 0.29) is 6.54 Å². The topological polar surface area (TPSA) is 41.1 Å². The van der Waals surface area contributed by atoms with E-state index >= 15 is 0 Å². The van der Waals surface area contributed by atoms with Crippen LogP contribution in [0.5, 0.6) is 0 Å². The number of benzene rings is 1. The molecule has 1 aromatic carbocycles. The van der Waals surface area contributed by atoms with E-state index < -0.39 is 18.1 Å². The van der Waals surface area contributed by atoms with E-state index in [1.807, 2.05) is 5.32 Å². The molecule has 2 N–H and O–H groups in total. The fourth-order valence-corrected chi connectivity index (χ4v) is 0.958. The normalized spacial score (nSPS) is 11.0. The summed E-state index contributed by atoms with van der Waals surface area (Å²) in [7, 11) is 0. The molecule has 0 aliphatic heterocycles. The second kappa shape index (κ2) is 4.82. The quantitative estimate of drug-likeness (QED) is 0.599. The van der Waals surface area contributed by atoms with Crippen molar-refractivity contribution in [2.24, 2.45) is 0 Å². The molecule has 0 radical (unpaired) electrons. The average molecular weight is 236 g/mol. The van der Waals surface area contributed by atoms with E-state index in [9.17, 15) is 22.4 Å². The van der Waals surface area contributed by atoms with Gasteiger partial charge in [0.15, 0.2) is 0 Å². The van der Waals surface area contributed by atoms with Crippen LogP contribution >= 0.6 is 0 Å². The summed E-state index contributed by atoms with van der Waals surface area (Å²) in [6.07, 6.45) is -4.76. The summed E-state index contributed by atoms with van der Waals surface area (Å²) in [4.78, 5) is 10.7. The molecule has 0 atom stereocenters. The highest BCUT2D eigenvalue weighted by atomic mass is 19.4. The van der Waals surface area contributed by atoms with Crippen molar-refractivity contribution in [3.63, 3.8) is 0 Å². The van der Waals surface area contributed by atoms with Crippen LogP contribution in [0.2, 0.25) is 0 Å². The Balaban J connectivity index is 2.40. The molecule has 2 amide bonds. The van der Waals surface area contributed by atoms with Crippen LogP contribution in [0.4, 0.5) is 22.4 Å². The molecule has 0 bridgehead atoms. The third kappa shape index (κ3) is 4.63. The zero-order valence-electron chi connectivity index (χ0n) is 7.94. The zero-order valence-corrected chi connectivity index (χ0v) is 7.94. The monoisotopic (exact) mass is 236 g/mol. The predicted octanol–water partition coefficient (Wildman–Crippen LogP) is 2.14. The lowest BCUT2D eigenvalue weighted by Gasteiger charge is -2.09. The maximum atomic E-state index is 12.5. The van der Waals surface area contributed by atoms with E-state index in [2.05, 4.69) is 0 Å². The molecule has 3 nitrogen and oxygen atoms in total. The molecule has 16 heavy (non-hydrogen) atoms. The highest BCUT2D eigenvalue weighted by Gasteiger charge is 2.29. The zero-order chi connectivity index (χ0) is 12.2. The molecule has 1 rings (SSSR count). The number of carbonyl (C=O) groups is 1. The maximum Gasteiger partial charge on any atom is 0.485 e. The summed E-state index contributed by atoms with van der Waals surface area (Å²) in [5.41, 5.74) is 0.499. The van der Waals surface area contributed by atoms with E-state index in [1.54, 1.807) is 0 Å². The average Bonchev–Trinajstić information content (AvgIpc) is 2.14. The number of halogens is 4. The second-order valence-corrected chi connectivity index (χ2v) is 2.93. The van der Waals surface area contributed by atoms with Crippen LogP contribution in [0.1, 0.15) is 5.56 Å². The Kier molecular flexibility index (Phi) is 3.70. The van der Waals surface area contributed by atoms with Crippen LogP contribution in [0.3, 0.4) is 0 Å². The van der Waals surface area contributed by atoms with Gasteiger partial charge in [0.25, 0.3) is 0 Å². The number of nitrogens with one attached hydrogen (secondary N) is 2. The number of urea groups is 1. The molecule has 0 aromatic heterocycles. The number of hydrogen-bond donors (Lipinski definition) is 2. The van der Waals surface area contributed by atoms with E-state index in [4.69, 9.17) is 0 Å². The summed E-state index contributed by atoms with van der Waals surface area (Å²) in [5, 5.41) is 2.76. The van der Waals surface area contributed by atoms with Crippen LogP contribution < -0.4 is 10.6 Å². The van der Waals surface area contributed by atoms with Gasteiger partial charge in [-0.1, -0.05) is 12.1 Å². The van der Waals surface area contributed by atoms with Crippen LogP contribution in [0.15, 0.2) is 24.3 Å². The van der Waals surface area contributed by atoms with Crippen LogP contribution in [-0.2, 0) is 6.54 Å². The highest BCUT2D eigenvalue weighted by molar-refractivity contribution is 5.74. The Morgan fingerprint density at radius 2 is 1.75 bits per heavy atom. The summed E-state index contributed by atoms with van der Waals surface area (Å²) in [6.45, 7) is -0.109. The van der Waals surface area contributed by atoms with Gasteiger partial charge in [-0.2, -0.15) is 13.2 Å². The Bertz CT molecular complexity index is 361. The molecular weight excluding hydrogens is 228 g/mol. The van der Waals surface area contributed by atoms with Crippen molar-refractivity contribution < 1.29 is 22.4 Å². The molecule has 88 valence electrons. The van der Waals surface area contributed by atoms with Gasteiger partial charge in [-0.3, -0.25) is 0 Å². The first-order valence-corrected chi connectivity index (χ1v) is 4.24. The first-order chi connectivity index (χ1) is 7.37. The fraction of sp³-hybridized carbons (Fsp3) is 0.222. The minimum atomic E-state index is -4.76. The van der Waals surface area contributed by atoms with Crippen LogP contribution in [-0.4, -0.2) is 12.3 Å². The van der Waals surface area contributed by atoms with Gasteiger partial charge in [0.2, 0.25) is 0 Å². The van der Waals surface area contributed by atoms with Gasteiger partial charge in [0.05, 0.1) is 0 Å². The minimum absolute atomic E-state index is 0.109. The first-order valence-electron chi connectivity index (χ1n) is 4.24. The maximum absolute atomic E-state index is 12.5. The summed E-state index contributed by atoms with van der Waals surface area (Å²) in [6, 6.07) is 3.68. The number of alkyl halides is 3. The van der Waals surface area contributed by atoms with Gasteiger partial charge in [0.1, 0.15) is 5.82 Å². The van der Waals surface area contributed by atoms with Gasteiger partial charge in [0, 0.05) is 6.54 Å². The Hall–Kier alpha value is -1.79. The summed E-state index contributed by atoms with van der Waals surface area (Å²) >= 11 is 0. The van der Waals surface area contributed by atoms with Gasteiger partial charge < -0.3 is 5.32 Å². The lowest BCUT2D eigenvalue weighted by Crippen LogP contribution is -2.43. The van der Waals surface area contributed by atoms with Gasteiger partial charge >= 0.3 is 12.3 Å². The number of carbonyl (C=O) groups excluding carboxylic acids is 1. The largest absolute Gasteiger partial charge is 0.485 e. The van der Waals surface area contributed by atoms with Crippen molar-refractivity contribution in [2.75, 3.05) is 0 Å². The van der Waals surface area contributed by atoms with Crippen molar-refractivity contribution in [3.05, 3.63) is 35.6 Å². The van der Waals surface area contributed by atoms with E-state index in [1.165, 1.54) is 12.1 Å². The Morgan fingerprint density at radius 1 is 1.19 bits per heavy atom. The first kappa shape index (κ1) is 12.3. The molecule has 0 heterocycles. The van der Waals surface area contributed by atoms with Crippen molar-refractivity contribution in [1.82, 2.24) is 10.6 Å². The van der Waals surface area contributed by atoms with Crippen LogP contribution in [0, 0.1) is 5.82 Å². The smallest absolute Gasteiger partial charge is 0.334 e. The SMILES string of the molecule is O=C(NCc1ccc(F)cc1)NC(F)(F)F. The fourth-order valence-electron chi connectivity index (χ4n) is 0.958. The third-order valence-corrected chi connectivity index (χ3v) is 1.62. The second-order valence-electron chi connectivity index (χ2n) is 2.93. The lowest BCUT2D eigenvalue weighted by molar-refractivity contribution is -0.145. The van der Waals surface area contributed by atoms with Gasteiger partial charge in [-0.25, -0.2) is 14.5 Å². The highest BCUT2D eigenvalue weighted by Crippen LogP contribution is 2.08. The van der Waals surface area contributed by atoms with E-state index in [0.717, 1.165) is 17.4 Å². The lowest BCUT2D eigenvalue weighted by atomic mass is 10.2. The molecular formula is C9H8F4N2O. The van der Waals surface area contributed by atoms with E-state index in [0.29, 0.717) is 5.56 Å². The molecule has 0 aliphatic rings.